The minimum atomic E-state index is -2.61. The maximum Gasteiger partial charge on any atom is 0.288 e. The Morgan fingerprint density at radius 3 is 1.75 bits per heavy atom. The van der Waals surface area contributed by atoms with Gasteiger partial charge in [0, 0.05) is 17.8 Å². The molecule has 0 aliphatic carbocycles. The molecule has 0 amide bonds. The van der Waals surface area contributed by atoms with E-state index in [0.717, 1.165) is 0 Å². The van der Waals surface area contributed by atoms with Gasteiger partial charge in [0.25, 0.3) is 17.8 Å². The van der Waals surface area contributed by atoms with E-state index in [1.54, 1.807) is 36.4 Å². The Morgan fingerprint density at radius 2 is 1.33 bits per heavy atom. The molecule has 0 aromatic heterocycles. The third kappa shape index (κ3) is 5.34. The van der Waals surface area contributed by atoms with E-state index in [2.05, 4.69) is 0 Å². The van der Waals surface area contributed by atoms with Crippen molar-refractivity contribution in [3.05, 3.63) is 102 Å². The molecule has 0 radical (unpaired) electrons. The van der Waals surface area contributed by atoms with Crippen molar-refractivity contribution in [1.82, 2.24) is 0 Å². The van der Waals surface area contributed by atoms with E-state index >= 15 is 0 Å². The standard InChI is InChI=1S/C24H19Cl2F2N3O5/c25-18-7-1-14(11-22(18)30(32)33)20-9-10-21(15-2-8-19(26)23(12-15)31(34)35)29(20)16-3-5-17(6-4-16)36-13-24(27)28/h1-8,11-12,20-21,24H,9-10,13H2/t20-,21-/m1/s1. The van der Waals surface area contributed by atoms with Crippen LogP contribution in [0.25, 0.3) is 0 Å². The van der Waals surface area contributed by atoms with Gasteiger partial charge in [0.2, 0.25) is 0 Å². The molecule has 188 valence electrons. The van der Waals surface area contributed by atoms with E-state index in [1.807, 2.05) is 4.90 Å². The van der Waals surface area contributed by atoms with Crippen LogP contribution in [-0.2, 0) is 0 Å². The van der Waals surface area contributed by atoms with Gasteiger partial charge in [-0.05, 0) is 60.4 Å². The van der Waals surface area contributed by atoms with Crippen LogP contribution in [0.3, 0.4) is 0 Å². The molecule has 1 heterocycles. The Balaban J connectivity index is 1.76. The largest absolute Gasteiger partial charge is 0.488 e. The second kappa shape index (κ2) is 10.6. The van der Waals surface area contributed by atoms with E-state index in [9.17, 15) is 29.0 Å². The Kier molecular flexibility index (Phi) is 7.56. The van der Waals surface area contributed by atoms with Gasteiger partial charge in [-0.1, -0.05) is 35.3 Å². The first-order chi connectivity index (χ1) is 17.2. The summed E-state index contributed by atoms with van der Waals surface area (Å²) in [6.07, 6.45) is -1.44. The topological polar surface area (TPSA) is 98.8 Å². The number of nitrogens with zero attached hydrogens (tertiary/aromatic N) is 3. The molecule has 0 unspecified atom stereocenters. The second-order valence-corrected chi connectivity index (χ2v) is 8.96. The number of benzene rings is 3. The molecule has 1 aliphatic heterocycles. The first-order valence-electron chi connectivity index (χ1n) is 10.8. The summed E-state index contributed by atoms with van der Waals surface area (Å²) < 4.78 is 30.1. The Bertz CT molecular complexity index is 1220. The lowest BCUT2D eigenvalue weighted by atomic mass is 10.0. The molecular formula is C24H19Cl2F2N3O5. The molecular weight excluding hydrogens is 519 g/mol. The van der Waals surface area contributed by atoms with Gasteiger partial charge in [0.05, 0.1) is 21.9 Å². The molecule has 8 nitrogen and oxygen atoms in total. The summed E-state index contributed by atoms with van der Waals surface area (Å²) in [4.78, 5) is 23.8. The summed E-state index contributed by atoms with van der Waals surface area (Å²) in [6, 6.07) is 15.0. The highest BCUT2D eigenvalue weighted by atomic mass is 35.5. The third-order valence-corrected chi connectivity index (χ3v) is 6.64. The smallest absolute Gasteiger partial charge is 0.288 e. The van der Waals surface area contributed by atoms with Crippen molar-refractivity contribution in [2.75, 3.05) is 11.5 Å². The monoisotopic (exact) mass is 537 g/mol. The predicted molar refractivity (Wildman–Crippen MR) is 131 cm³/mol. The van der Waals surface area contributed by atoms with Crippen LogP contribution in [-0.4, -0.2) is 22.9 Å². The Morgan fingerprint density at radius 1 is 0.861 bits per heavy atom. The lowest BCUT2D eigenvalue weighted by molar-refractivity contribution is -0.384. The molecule has 1 aliphatic rings. The second-order valence-electron chi connectivity index (χ2n) is 8.15. The average Bonchev–Trinajstić information content (AvgIpc) is 3.28. The van der Waals surface area contributed by atoms with Gasteiger partial charge in [-0.25, -0.2) is 8.78 Å². The molecule has 0 saturated carbocycles. The van der Waals surface area contributed by atoms with Crippen molar-refractivity contribution >= 4 is 40.3 Å². The van der Waals surface area contributed by atoms with Gasteiger partial charge in [0.1, 0.15) is 22.4 Å². The van der Waals surface area contributed by atoms with Crippen molar-refractivity contribution in [3.8, 4) is 5.75 Å². The van der Waals surface area contributed by atoms with Crippen LogP contribution in [0.4, 0.5) is 25.8 Å². The quantitative estimate of drug-likeness (QED) is 0.217. The van der Waals surface area contributed by atoms with Crippen LogP contribution >= 0.6 is 23.2 Å². The molecule has 36 heavy (non-hydrogen) atoms. The highest BCUT2D eigenvalue weighted by molar-refractivity contribution is 6.33. The van der Waals surface area contributed by atoms with E-state index in [1.165, 1.54) is 24.3 Å². The van der Waals surface area contributed by atoms with Gasteiger partial charge in [0.15, 0.2) is 0 Å². The molecule has 3 aromatic rings. The zero-order valence-electron chi connectivity index (χ0n) is 18.5. The molecule has 3 aromatic carbocycles. The van der Waals surface area contributed by atoms with Gasteiger partial charge >= 0.3 is 0 Å². The molecule has 1 fully saturated rings. The fourth-order valence-electron chi connectivity index (χ4n) is 4.45. The first-order valence-corrected chi connectivity index (χ1v) is 11.6. The number of nitro groups is 2. The predicted octanol–water partition coefficient (Wildman–Crippen LogP) is 7.54. The molecule has 0 spiro atoms. The zero-order valence-corrected chi connectivity index (χ0v) is 20.0. The maximum atomic E-state index is 12.5. The molecule has 4 rings (SSSR count). The first kappa shape index (κ1) is 25.6. The summed E-state index contributed by atoms with van der Waals surface area (Å²) in [7, 11) is 0. The minimum Gasteiger partial charge on any atom is -0.488 e. The van der Waals surface area contributed by atoms with Crippen LogP contribution in [0.15, 0.2) is 60.7 Å². The zero-order chi connectivity index (χ0) is 26.0. The SMILES string of the molecule is O=[N+]([O-])c1cc([C@H]2CC[C@H](c3ccc(Cl)c([N+](=O)[O-])c3)N2c2ccc(OCC(F)F)cc2)ccc1Cl. The number of alkyl halides is 2. The van der Waals surface area contributed by atoms with Crippen LogP contribution in [0, 0.1) is 20.2 Å². The fourth-order valence-corrected chi connectivity index (χ4v) is 4.83. The summed E-state index contributed by atoms with van der Waals surface area (Å²) in [5.74, 6) is 0.260. The lowest BCUT2D eigenvalue weighted by Crippen LogP contribution is -2.26. The number of nitro benzene ring substituents is 2. The molecule has 1 saturated heterocycles. The molecule has 0 bridgehead atoms. The molecule has 0 N–H and O–H groups in total. The number of halogens is 4. The number of hydrogen-bond donors (Lipinski definition) is 0. The van der Waals surface area contributed by atoms with Crippen molar-refractivity contribution in [2.24, 2.45) is 0 Å². The van der Waals surface area contributed by atoms with Gasteiger partial charge in [-0.15, -0.1) is 0 Å². The Hall–Kier alpha value is -3.50. The van der Waals surface area contributed by atoms with Crippen molar-refractivity contribution in [3.63, 3.8) is 0 Å². The van der Waals surface area contributed by atoms with E-state index < -0.39 is 22.9 Å². The maximum absolute atomic E-state index is 12.5. The van der Waals surface area contributed by atoms with Gasteiger partial charge in [-0.2, -0.15) is 0 Å². The van der Waals surface area contributed by atoms with Crippen LogP contribution < -0.4 is 9.64 Å². The van der Waals surface area contributed by atoms with E-state index in [-0.39, 0.29) is 39.3 Å². The molecule has 2 atom stereocenters. The summed E-state index contributed by atoms with van der Waals surface area (Å²) >= 11 is 12.0. The summed E-state index contributed by atoms with van der Waals surface area (Å²) in [6.45, 7) is -0.739. The third-order valence-electron chi connectivity index (χ3n) is 6.00. The van der Waals surface area contributed by atoms with Crippen LogP contribution in [0.1, 0.15) is 36.1 Å². The van der Waals surface area contributed by atoms with Crippen molar-refractivity contribution in [2.45, 2.75) is 31.4 Å². The highest BCUT2D eigenvalue weighted by Gasteiger charge is 2.37. The highest BCUT2D eigenvalue weighted by Crippen LogP contribution is 2.48. The van der Waals surface area contributed by atoms with Crippen LogP contribution in [0.5, 0.6) is 5.75 Å². The number of hydrogen-bond acceptors (Lipinski definition) is 6. The average molecular weight is 538 g/mol. The normalized spacial score (nSPS) is 17.4. The summed E-state index contributed by atoms with van der Waals surface area (Å²) in [5, 5.41) is 23.0. The lowest BCUT2D eigenvalue weighted by Gasteiger charge is -2.33. The van der Waals surface area contributed by atoms with Crippen molar-refractivity contribution < 1.29 is 23.4 Å². The van der Waals surface area contributed by atoms with E-state index in [4.69, 9.17) is 27.9 Å². The van der Waals surface area contributed by atoms with E-state index in [0.29, 0.717) is 29.7 Å². The number of rotatable bonds is 8. The fraction of sp³-hybridized carbons (Fsp3) is 0.250. The van der Waals surface area contributed by atoms with Crippen LogP contribution in [0.2, 0.25) is 10.0 Å². The molecule has 12 heteroatoms. The number of ether oxygens (including phenoxy) is 1. The summed E-state index contributed by atoms with van der Waals surface area (Å²) in [5.41, 5.74) is 1.53. The minimum absolute atomic E-state index is 0.0127. The van der Waals surface area contributed by atoms with Gasteiger partial charge < -0.3 is 9.64 Å². The Labute approximate surface area is 214 Å². The number of anilines is 1. The van der Waals surface area contributed by atoms with Crippen molar-refractivity contribution in [1.29, 1.82) is 0 Å². The van der Waals surface area contributed by atoms with Gasteiger partial charge in [-0.3, -0.25) is 20.2 Å².